The lowest BCUT2D eigenvalue weighted by atomic mass is 10.1. The van der Waals surface area contributed by atoms with Crippen molar-refractivity contribution < 1.29 is 14.3 Å². The van der Waals surface area contributed by atoms with Crippen LogP contribution in [0.5, 0.6) is 5.75 Å². The number of Topliss-reactive ketones (excluding diaryl/α,β-unsaturated/α-hetero) is 1. The summed E-state index contributed by atoms with van der Waals surface area (Å²) in [6.07, 6.45) is 0.874. The van der Waals surface area contributed by atoms with Gasteiger partial charge in [-0.2, -0.15) is 0 Å². The largest absolute Gasteiger partial charge is 0.413 e. The summed E-state index contributed by atoms with van der Waals surface area (Å²) in [5, 5.41) is 2.63. The molecule has 5 nitrogen and oxygen atoms in total. The molecule has 1 rings (SSSR count). The summed E-state index contributed by atoms with van der Waals surface area (Å²) < 4.78 is 5.05. The lowest BCUT2D eigenvalue weighted by molar-refractivity contribution is 0.101. The maximum absolute atomic E-state index is 11.5. The van der Waals surface area contributed by atoms with Gasteiger partial charge >= 0.3 is 6.09 Å². The molecular formula is C12H16N2O3. The van der Waals surface area contributed by atoms with Crippen LogP contribution in [0.25, 0.3) is 0 Å². The number of pyridine rings is 1. The molecule has 0 aliphatic carbocycles. The minimum Gasteiger partial charge on any atom is -0.408 e. The first-order valence-corrected chi connectivity index (χ1v) is 5.25. The number of nitrogens with one attached hydrogen (secondary N) is 1. The number of aromatic nitrogens is 1. The van der Waals surface area contributed by atoms with E-state index in [1.807, 2.05) is 20.8 Å². The molecule has 1 aromatic rings. The second-order valence-corrected chi connectivity index (χ2v) is 4.67. The van der Waals surface area contributed by atoms with Crippen LogP contribution >= 0.6 is 0 Å². The quantitative estimate of drug-likeness (QED) is 0.799. The summed E-state index contributed by atoms with van der Waals surface area (Å²) in [6.45, 7) is 6.88. The molecule has 0 fully saturated rings. The smallest absolute Gasteiger partial charge is 0.408 e. The van der Waals surface area contributed by atoms with Gasteiger partial charge < -0.3 is 10.1 Å². The fourth-order valence-electron chi connectivity index (χ4n) is 1.17. The normalized spacial score (nSPS) is 10.8. The minimum absolute atomic E-state index is 0.150. The van der Waals surface area contributed by atoms with Crippen molar-refractivity contribution in [2.45, 2.75) is 33.2 Å². The van der Waals surface area contributed by atoms with Crippen molar-refractivity contribution in [3.8, 4) is 5.75 Å². The number of rotatable bonds is 2. The molecule has 0 aliphatic heterocycles. The van der Waals surface area contributed by atoms with Gasteiger partial charge in [0.25, 0.3) is 0 Å². The fourth-order valence-corrected chi connectivity index (χ4v) is 1.17. The molecule has 5 heteroatoms. The molecule has 0 saturated heterocycles. The fraction of sp³-hybridized carbons (Fsp3) is 0.417. The Kier molecular flexibility index (Phi) is 3.83. The van der Waals surface area contributed by atoms with Crippen molar-refractivity contribution >= 4 is 11.9 Å². The third kappa shape index (κ3) is 4.22. The van der Waals surface area contributed by atoms with Crippen molar-refractivity contribution in [3.05, 3.63) is 24.0 Å². The van der Waals surface area contributed by atoms with Crippen LogP contribution in [0.3, 0.4) is 0 Å². The molecule has 0 saturated carbocycles. The summed E-state index contributed by atoms with van der Waals surface area (Å²) in [4.78, 5) is 26.7. The number of carbonyl (C=O) groups excluding carboxylic acids is 2. The predicted molar refractivity (Wildman–Crippen MR) is 63.2 cm³/mol. The van der Waals surface area contributed by atoms with E-state index in [1.165, 1.54) is 19.2 Å². The average Bonchev–Trinajstić information content (AvgIpc) is 2.14. The zero-order valence-electron chi connectivity index (χ0n) is 10.4. The van der Waals surface area contributed by atoms with Crippen LogP contribution in [0.4, 0.5) is 4.79 Å². The van der Waals surface area contributed by atoms with Gasteiger partial charge in [-0.15, -0.1) is 0 Å². The number of ether oxygens (including phenoxy) is 1. The van der Waals surface area contributed by atoms with Crippen LogP contribution in [-0.2, 0) is 0 Å². The van der Waals surface area contributed by atoms with E-state index in [0.717, 1.165) is 0 Å². The monoisotopic (exact) mass is 236 g/mol. The molecule has 0 radical (unpaired) electrons. The maximum Gasteiger partial charge on any atom is 0.413 e. The van der Waals surface area contributed by atoms with Crippen LogP contribution < -0.4 is 10.1 Å². The number of ketones is 1. The van der Waals surface area contributed by atoms with Crippen molar-refractivity contribution in [3.63, 3.8) is 0 Å². The van der Waals surface area contributed by atoms with Crippen molar-refractivity contribution in [2.24, 2.45) is 0 Å². The molecule has 17 heavy (non-hydrogen) atoms. The van der Waals surface area contributed by atoms with Crippen LogP contribution in [0.1, 0.15) is 38.2 Å². The number of hydrogen-bond donors (Lipinski definition) is 1. The Bertz CT molecular complexity index is 436. The summed E-state index contributed by atoms with van der Waals surface area (Å²) in [7, 11) is 0. The summed E-state index contributed by atoms with van der Waals surface area (Å²) >= 11 is 0. The molecule has 0 bridgehead atoms. The van der Waals surface area contributed by atoms with Crippen molar-refractivity contribution in [1.82, 2.24) is 10.3 Å². The van der Waals surface area contributed by atoms with E-state index in [2.05, 4.69) is 10.3 Å². The molecule has 0 spiro atoms. The Balaban J connectivity index is 2.82. The first kappa shape index (κ1) is 13.2. The van der Waals surface area contributed by atoms with Crippen molar-refractivity contribution in [1.29, 1.82) is 0 Å². The Labute approximate surface area is 100 Å². The number of hydrogen-bond acceptors (Lipinski definition) is 4. The molecule has 1 aromatic heterocycles. The Morgan fingerprint density at radius 3 is 2.53 bits per heavy atom. The van der Waals surface area contributed by atoms with E-state index >= 15 is 0 Å². The Hall–Kier alpha value is -1.91. The van der Waals surface area contributed by atoms with Gasteiger partial charge in [0.15, 0.2) is 11.5 Å². The Morgan fingerprint density at radius 1 is 1.35 bits per heavy atom. The standard InChI is InChI=1S/C12H16N2O3/c1-8(15)10-9(6-5-7-13-10)17-11(16)14-12(2,3)4/h5-7H,1-4H3,(H,14,16). The van der Waals surface area contributed by atoms with E-state index in [-0.39, 0.29) is 17.2 Å². The second-order valence-electron chi connectivity index (χ2n) is 4.67. The highest BCUT2D eigenvalue weighted by Gasteiger charge is 2.17. The lowest BCUT2D eigenvalue weighted by Gasteiger charge is -2.20. The topological polar surface area (TPSA) is 68.3 Å². The molecule has 1 amide bonds. The molecule has 0 aliphatic rings. The molecule has 0 atom stereocenters. The Morgan fingerprint density at radius 2 is 2.00 bits per heavy atom. The zero-order valence-corrected chi connectivity index (χ0v) is 10.4. The molecular weight excluding hydrogens is 220 g/mol. The highest BCUT2D eigenvalue weighted by molar-refractivity contribution is 5.95. The van der Waals surface area contributed by atoms with E-state index in [9.17, 15) is 9.59 Å². The SMILES string of the molecule is CC(=O)c1ncccc1OC(=O)NC(C)(C)C. The minimum atomic E-state index is -0.604. The first-order valence-electron chi connectivity index (χ1n) is 5.25. The zero-order chi connectivity index (χ0) is 13.1. The third-order valence-corrected chi connectivity index (χ3v) is 1.78. The van der Waals surface area contributed by atoms with Gasteiger partial charge in [-0.3, -0.25) is 4.79 Å². The van der Waals surface area contributed by atoms with E-state index in [4.69, 9.17) is 4.74 Å². The summed E-state index contributed by atoms with van der Waals surface area (Å²) in [6, 6.07) is 3.14. The van der Waals surface area contributed by atoms with E-state index in [0.29, 0.717) is 0 Å². The second kappa shape index (κ2) is 4.95. The lowest BCUT2D eigenvalue weighted by Crippen LogP contribution is -2.42. The van der Waals surface area contributed by atoms with Gasteiger partial charge in [0.1, 0.15) is 5.69 Å². The van der Waals surface area contributed by atoms with Crippen LogP contribution in [0.15, 0.2) is 18.3 Å². The summed E-state index contributed by atoms with van der Waals surface area (Å²) in [5.41, 5.74) is -0.244. The van der Waals surface area contributed by atoms with E-state index < -0.39 is 11.6 Å². The van der Waals surface area contributed by atoms with Crippen LogP contribution in [-0.4, -0.2) is 22.4 Å². The van der Waals surface area contributed by atoms with Gasteiger partial charge in [0.05, 0.1) is 0 Å². The van der Waals surface area contributed by atoms with Crippen LogP contribution in [0.2, 0.25) is 0 Å². The van der Waals surface area contributed by atoms with E-state index in [1.54, 1.807) is 6.07 Å². The average molecular weight is 236 g/mol. The highest BCUT2D eigenvalue weighted by atomic mass is 16.6. The molecule has 0 aromatic carbocycles. The molecule has 0 unspecified atom stereocenters. The van der Waals surface area contributed by atoms with Gasteiger partial charge in [-0.25, -0.2) is 9.78 Å². The number of carbonyl (C=O) groups is 2. The predicted octanol–water partition coefficient (Wildman–Crippen LogP) is 2.17. The molecule has 92 valence electrons. The highest BCUT2D eigenvalue weighted by Crippen LogP contribution is 2.16. The first-order chi connectivity index (χ1) is 7.79. The maximum atomic E-state index is 11.5. The molecule has 1 heterocycles. The van der Waals surface area contributed by atoms with Gasteiger partial charge in [0.2, 0.25) is 0 Å². The summed E-state index contributed by atoms with van der Waals surface area (Å²) in [5.74, 6) is -0.0779. The van der Waals surface area contributed by atoms with Crippen molar-refractivity contribution in [2.75, 3.05) is 0 Å². The third-order valence-electron chi connectivity index (χ3n) is 1.78. The number of nitrogens with zero attached hydrogens (tertiary/aromatic N) is 1. The van der Waals surface area contributed by atoms with Gasteiger partial charge in [-0.05, 0) is 32.9 Å². The molecule has 1 N–H and O–H groups in total. The van der Waals surface area contributed by atoms with Gasteiger partial charge in [-0.1, -0.05) is 0 Å². The van der Waals surface area contributed by atoms with Gasteiger partial charge in [0, 0.05) is 18.7 Å². The number of amides is 1. The van der Waals surface area contributed by atoms with Crippen LogP contribution in [0, 0.1) is 0 Å².